The van der Waals surface area contributed by atoms with Crippen LogP contribution in [0.1, 0.15) is 152 Å². The summed E-state index contributed by atoms with van der Waals surface area (Å²) in [7, 11) is -18.7. The van der Waals surface area contributed by atoms with Crippen LogP contribution in [-0.2, 0) is 40.5 Å². The Balaban J connectivity index is 0.00000296. The summed E-state index contributed by atoms with van der Waals surface area (Å²) in [6, 6.07) is 2.67. The van der Waals surface area contributed by atoms with E-state index in [4.69, 9.17) is 10.2 Å². The molecule has 6 saturated carbocycles. The van der Waals surface area contributed by atoms with Gasteiger partial charge in [0.05, 0.1) is 86.9 Å². The van der Waals surface area contributed by atoms with Crippen LogP contribution in [0, 0.1) is 58.2 Å². The van der Waals surface area contributed by atoms with Gasteiger partial charge in [-0.3, -0.25) is 16.0 Å². The van der Waals surface area contributed by atoms with Crippen molar-refractivity contribution < 1.29 is 127 Å². The van der Waals surface area contributed by atoms with Crippen molar-refractivity contribution in [2.75, 3.05) is 0 Å². The fourth-order valence-electron chi connectivity index (χ4n) is 13.5. The second-order valence-electron chi connectivity index (χ2n) is 21.2. The van der Waals surface area contributed by atoms with E-state index < -0.39 is 110 Å². The maximum atomic E-state index is 12.7. The molecule has 21 nitrogen and oxygen atoms in total. The number of fused-ring (bicyclic) bond motifs is 2. The monoisotopic (exact) mass is 1100 g/mol. The third-order valence-electron chi connectivity index (χ3n) is 17.2. The van der Waals surface area contributed by atoms with E-state index in [1.807, 2.05) is 6.92 Å². The molecule has 8 rings (SSSR count). The molecule has 6 aliphatic carbocycles. The van der Waals surface area contributed by atoms with E-state index in [9.17, 15) is 62.4 Å². The molecule has 1 aliphatic heterocycles. The van der Waals surface area contributed by atoms with Gasteiger partial charge >= 0.3 is 75.4 Å². The maximum Gasteiger partial charge on any atom is 1.00 e. The van der Waals surface area contributed by atoms with Crippen LogP contribution in [0.2, 0.25) is 0 Å². The van der Waals surface area contributed by atoms with Crippen molar-refractivity contribution >= 4 is 61.8 Å². The van der Waals surface area contributed by atoms with E-state index in [0.717, 1.165) is 49.9 Å². The molecule has 0 spiro atoms. The van der Waals surface area contributed by atoms with Crippen LogP contribution in [-0.4, -0.2) is 109 Å². The SMILES string of the molecule is CC1C(C#N)C(NC2CCC(S(=O)(=O)[O-])CC2)NC(NC2CCC(S(=O)(=O)[O-])CC2)C1N=Nc1sc(N=NC2CC3C(CCCC3S(=O)(=O)[O-])C(S(=O)(=O)[O-])C2)c(C2CCC3CCCCC3C2)c1C#N.[Li+].[Li+].[Li+].[Li+]. The first-order valence-corrected chi connectivity index (χ1v) is 31.6. The van der Waals surface area contributed by atoms with E-state index in [-0.39, 0.29) is 149 Å². The summed E-state index contributed by atoms with van der Waals surface area (Å²) in [5.41, 5.74) is 0.891. The van der Waals surface area contributed by atoms with Crippen LogP contribution < -0.4 is 91.4 Å². The van der Waals surface area contributed by atoms with Crippen LogP contribution in [0.25, 0.3) is 0 Å². The average molecular weight is 1100 g/mol. The number of hydrogen-bond donors (Lipinski definition) is 3. The Labute approximate surface area is 489 Å². The molecule has 1 saturated heterocycles. The fourth-order valence-corrected chi connectivity index (χ4v) is 18.7. The molecule has 3 N–H and O–H groups in total. The zero-order valence-corrected chi connectivity index (χ0v) is 47.2. The summed E-state index contributed by atoms with van der Waals surface area (Å²) in [6.45, 7) is 1.86. The van der Waals surface area contributed by atoms with Gasteiger partial charge in [-0.2, -0.15) is 20.8 Å². The number of nitrogens with zero attached hydrogens (tertiary/aromatic N) is 6. The van der Waals surface area contributed by atoms with Crippen molar-refractivity contribution in [1.82, 2.24) is 16.0 Å². The minimum Gasteiger partial charge on any atom is -0.748 e. The number of piperidine rings is 1. The normalized spacial score (nSPS) is 37.0. The Morgan fingerprint density at radius 1 is 0.581 bits per heavy atom. The van der Waals surface area contributed by atoms with E-state index in [2.05, 4.69) is 38.3 Å². The first-order chi connectivity index (χ1) is 33.0. The number of azo groups is 2. The van der Waals surface area contributed by atoms with Gasteiger partial charge in [0, 0.05) is 34.1 Å². The zero-order valence-electron chi connectivity index (χ0n) is 43.1. The molecule has 74 heavy (non-hydrogen) atoms. The van der Waals surface area contributed by atoms with E-state index in [1.54, 1.807) is 0 Å². The smallest absolute Gasteiger partial charge is 0.748 e. The molecule has 0 amide bonds. The predicted molar refractivity (Wildman–Crippen MR) is 251 cm³/mol. The van der Waals surface area contributed by atoms with Gasteiger partial charge in [-0.15, -0.1) is 10.2 Å². The van der Waals surface area contributed by atoms with E-state index in [1.165, 1.54) is 6.42 Å². The number of nitriles is 2. The van der Waals surface area contributed by atoms with E-state index in [0.29, 0.717) is 60.9 Å². The van der Waals surface area contributed by atoms with Gasteiger partial charge in [0.1, 0.15) is 17.1 Å². The molecular weight excluding hydrogens is 1030 g/mol. The second-order valence-corrected chi connectivity index (χ2v) is 28.7. The Hall–Kier alpha value is -0.210. The Morgan fingerprint density at radius 3 is 1.68 bits per heavy atom. The number of hydrogen-bond acceptors (Lipinski definition) is 22. The third kappa shape index (κ3) is 15.6. The Bertz CT molecular complexity index is 2680. The van der Waals surface area contributed by atoms with Crippen molar-refractivity contribution in [3.8, 4) is 12.1 Å². The van der Waals surface area contributed by atoms with Gasteiger partial charge in [-0.1, -0.05) is 50.4 Å². The fraction of sp³-hybridized carbons (Fsp3) is 0.864. The summed E-state index contributed by atoms with van der Waals surface area (Å²) < 4.78 is 146. The first kappa shape index (κ1) is 66.3. The number of rotatable bonds is 13. The molecule has 1 aromatic rings. The molecule has 0 aromatic carbocycles. The molecule has 13 atom stereocenters. The van der Waals surface area contributed by atoms with Crippen LogP contribution in [0.3, 0.4) is 0 Å². The second kappa shape index (κ2) is 27.5. The van der Waals surface area contributed by atoms with Crippen molar-refractivity contribution in [2.45, 2.75) is 199 Å². The van der Waals surface area contributed by atoms with Gasteiger partial charge in [-0.05, 0) is 126 Å². The van der Waals surface area contributed by atoms with Crippen molar-refractivity contribution in [3.05, 3.63) is 11.1 Å². The molecule has 7 fully saturated rings. The largest absolute Gasteiger partial charge is 1.00 e. The van der Waals surface area contributed by atoms with Gasteiger partial charge in [-0.25, -0.2) is 33.7 Å². The summed E-state index contributed by atoms with van der Waals surface area (Å²) >= 11 is 1.08. The third-order valence-corrected chi connectivity index (χ3v) is 23.4. The summed E-state index contributed by atoms with van der Waals surface area (Å²) in [4.78, 5) is 0. The molecule has 0 radical (unpaired) electrons. The molecule has 7 aliphatic rings. The van der Waals surface area contributed by atoms with Gasteiger partial charge in [0.15, 0.2) is 5.00 Å². The molecule has 0 bridgehead atoms. The first-order valence-electron chi connectivity index (χ1n) is 24.9. The predicted octanol–water partition coefficient (Wildman–Crippen LogP) is -6.42. The standard InChI is InChI=1S/C44H67N9O12S5.4Li/c1-24-35(22-45)41(47-28-11-15-31(16-12-28)67(54,55)56)49-42(48-29-13-17-32(18-14-29)68(57,58)59)40(24)51-52-43-36(23-46)39(27-10-9-25-5-2-3-6-26(25)19-27)44(66-43)53-50-30-20-34-33(38(21-30)70(63,64)65)7-4-8-37(34)69(60,61)62;;;;/h24-35,37-38,40-42,47-49H,2-21H2,1H3,(H,54,55,56)(H,57,58,59)(H,60,61,62)(H,63,64,65);;;;/q;4*+1/p-4. The molecule has 13 unspecified atom stereocenters. The van der Waals surface area contributed by atoms with Crippen molar-refractivity contribution in [3.63, 3.8) is 0 Å². The van der Waals surface area contributed by atoms with Gasteiger partial charge in [0.2, 0.25) is 0 Å². The Morgan fingerprint density at radius 2 is 1.14 bits per heavy atom. The van der Waals surface area contributed by atoms with Crippen LogP contribution in [0.5, 0.6) is 0 Å². The minimum absolute atomic E-state index is 0. The molecule has 1 aromatic heterocycles. The maximum absolute atomic E-state index is 12.7. The van der Waals surface area contributed by atoms with Crippen molar-refractivity contribution in [1.29, 1.82) is 10.5 Å². The quantitative estimate of drug-likeness (QED) is 0.0939. The van der Waals surface area contributed by atoms with Crippen LogP contribution in [0.4, 0.5) is 10.0 Å². The zero-order chi connectivity index (χ0) is 50.3. The average Bonchev–Trinajstić information content (AvgIpc) is 3.66. The summed E-state index contributed by atoms with van der Waals surface area (Å²) in [5.74, 6) is -1.97. The molecule has 2 heterocycles. The molecular formula is C44H63Li4N9O12S5. The van der Waals surface area contributed by atoms with E-state index >= 15 is 0 Å². The minimum atomic E-state index is -4.91. The Kier molecular flexibility index (Phi) is 24.6. The molecule has 390 valence electrons. The number of thiophene rings is 1. The van der Waals surface area contributed by atoms with Crippen LogP contribution >= 0.6 is 11.3 Å². The summed E-state index contributed by atoms with van der Waals surface area (Å²) in [6.07, 6.45) is 8.45. The summed E-state index contributed by atoms with van der Waals surface area (Å²) in [5, 5.41) is 46.8. The topological polar surface area (TPSA) is 362 Å². The number of nitrogens with one attached hydrogen (secondary N) is 3. The van der Waals surface area contributed by atoms with Crippen molar-refractivity contribution in [2.24, 2.45) is 56.0 Å². The van der Waals surface area contributed by atoms with Crippen LogP contribution in [0.15, 0.2) is 20.5 Å². The van der Waals surface area contributed by atoms with Gasteiger partial charge in [0.25, 0.3) is 0 Å². The molecule has 30 heteroatoms. The van der Waals surface area contributed by atoms with Gasteiger partial charge < -0.3 is 18.2 Å².